The monoisotopic (exact) mass is 421 g/mol. The van der Waals surface area contributed by atoms with Crippen LogP contribution < -0.4 is 10.1 Å². The number of halogens is 3. The van der Waals surface area contributed by atoms with Gasteiger partial charge in [0.05, 0.1) is 22.7 Å². The fourth-order valence-corrected chi connectivity index (χ4v) is 2.57. The number of methoxy groups -OCH3 is 1. The zero-order chi connectivity index (χ0) is 14.7. The smallest absolute Gasteiger partial charge is 0.257 e. The number of anilines is 1. The molecule has 0 bridgehead atoms. The van der Waals surface area contributed by atoms with Crippen LogP contribution in [0, 0.1) is 3.57 Å². The van der Waals surface area contributed by atoms with Crippen LogP contribution in [0.3, 0.4) is 0 Å². The summed E-state index contributed by atoms with van der Waals surface area (Å²) < 4.78 is 5.99. The average Bonchev–Trinajstić information content (AvgIpc) is 2.41. The average molecular weight is 422 g/mol. The second-order valence-corrected chi connectivity index (χ2v) is 5.99. The molecule has 0 saturated heterocycles. The van der Waals surface area contributed by atoms with Crippen molar-refractivity contribution in [2.24, 2.45) is 0 Å². The first-order valence-corrected chi connectivity index (χ1v) is 7.44. The molecule has 0 radical (unpaired) electrons. The molecule has 2 aromatic carbocycles. The highest BCUT2D eigenvalue weighted by Gasteiger charge is 2.12. The molecule has 0 unspecified atom stereocenters. The number of ether oxygens (including phenoxy) is 1. The van der Waals surface area contributed by atoms with Crippen molar-refractivity contribution in [3.05, 3.63) is 55.6 Å². The topological polar surface area (TPSA) is 38.3 Å². The predicted molar refractivity (Wildman–Crippen MR) is 90.1 cm³/mol. The SMILES string of the molecule is COc1ccc(NC(=O)c2cc(I)ccc2Cl)cc1Cl. The van der Waals surface area contributed by atoms with Gasteiger partial charge < -0.3 is 10.1 Å². The third-order valence-electron chi connectivity index (χ3n) is 2.58. The van der Waals surface area contributed by atoms with Gasteiger partial charge in [0.2, 0.25) is 0 Å². The third kappa shape index (κ3) is 3.56. The molecule has 0 aromatic heterocycles. The zero-order valence-electron chi connectivity index (χ0n) is 10.4. The van der Waals surface area contributed by atoms with Crippen LogP contribution in [0.15, 0.2) is 36.4 Å². The summed E-state index contributed by atoms with van der Waals surface area (Å²) in [5, 5.41) is 3.59. The van der Waals surface area contributed by atoms with Crippen molar-refractivity contribution >= 4 is 57.4 Å². The minimum absolute atomic E-state index is 0.283. The van der Waals surface area contributed by atoms with Gasteiger partial charge in [0.1, 0.15) is 5.75 Å². The molecule has 0 saturated carbocycles. The van der Waals surface area contributed by atoms with Crippen molar-refractivity contribution in [1.29, 1.82) is 0 Å². The molecule has 6 heteroatoms. The van der Waals surface area contributed by atoms with Gasteiger partial charge in [0.25, 0.3) is 5.91 Å². The zero-order valence-corrected chi connectivity index (χ0v) is 14.1. The molecule has 3 nitrogen and oxygen atoms in total. The highest BCUT2D eigenvalue weighted by atomic mass is 127. The van der Waals surface area contributed by atoms with Gasteiger partial charge >= 0.3 is 0 Å². The summed E-state index contributed by atoms with van der Waals surface area (Å²) in [5.74, 6) is 0.270. The third-order valence-corrected chi connectivity index (χ3v) is 3.88. The molecule has 104 valence electrons. The van der Waals surface area contributed by atoms with Crippen LogP contribution in [0.1, 0.15) is 10.4 Å². The minimum atomic E-state index is -0.283. The Hall–Kier alpha value is -0.980. The Bertz CT molecular complexity index is 662. The maximum atomic E-state index is 12.2. The molecule has 2 rings (SSSR count). The Balaban J connectivity index is 2.23. The van der Waals surface area contributed by atoms with E-state index < -0.39 is 0 Å². The van der Waals surface area contributed by atoms with Crippen molar-refractivity contribution in [2.75, 3.05) is 12.4 Å². The van der Waals surface area contributed by atoms with Gasteiger partial charge in [-0.2, -0.15) is 0 Å². The molecular weight excluding hydrogens is 412 g/mol. The second-order valence-electron chi connectivity index (χ2n) is 3.93. The van der Waals surface area contributed by atoms with Gasteiger partial charge in [-0.15, -0.1) is 0 Å². The predicted octanol–water partition coefficient (Wildman–Crippen LogP) is 4.86. The molecule has 0 heterocycles. The number of benzene rings is 2. The van der Waals surface area contributed by atoms with Crippen LogP contribution in [0.2, 0.25) is 10.0 Å². The fraction of sp³-hybridized carbons (Fsp3) is 0.0714. The molecule has 1 amide bonds. The highest BCUT2D eigenvalue weighted by molar-refractivity contribution is 14.1. The van der Waals surface area contributed by atoms with E-state index in [1.54, 1.807) is 30.3 Å². The lowest BCUT2D eigenvalue weighted by Gasteiger charge is -2.09. The standard InChI is InChI=1S/C14H10Cl2INO2/c1-20-13-5-3-9(7-12(13)16)18-14(19)10-6-8(17)2-4-11(10)15/h2-7H,1H3,(H,18,19). The quantitative estimate of drug-likeness (QED) is 0.718. The van der Waals surface area contributed by atoms with Gasteiger partial charge in [0, 0.05) is 9.26 Å². The van der Waals surface area contributed by atoms with E-state index in [0.29, 0.717) is 27.0 Å². The molecular formula is C14H10Cl2INO2. The Kier molecular flexibility index (Phi) is 5.12. The van der Waals surface area contributed by atoms with E-state index in [9.17, 15) is 4.79 Å². The van der Waals surface area contributed by atoms with Crippen molar-refractivity contribution in [3.63, 3.8) is 0 Å². The summed E-state index contributed by atoms with van der Waals surface area (Å²) in [4.78, 5) is 12.2. The number of amides is 1. The van der Waals surface area contributed by atoms with Crippen molar-refractivity contribution in [1.82, 2.24) is 0 Å². The number of rotatable bonds is 3. The number of hydrogen-bond acceptors (Lipinski definition) is 2. The Morgan fingerprint density at radius 1 is 1.15 bits per heavy atom. The molecule has 20 heavy (non-hydrogen) atoms. The lowest BCUT2D eigenvalue weighted by Crippen LogP contribution is -2.12. The normalized spacial score (nSPS) is 10.2. The second kappa shape index (κ2) is 6.65. The molecule has 0 aliphatic heterocycles. The van der Waals surface area contributed by atoms with E-state index in [1.807, 2.05) is 6.07 Å². The van der Waals surface area contributed by atoms with Crippen LogP contribution in [0.4, 0.5) is 5.69 Å². The summed E-state index contributed by atoms with van der Waals surface area (Å²) in [5.41, 5.74) is 1.00. The van der Waals surface area contributed by atoms with Crippen LogP contribution >= 0.6 is 45.8 Å². The maximum Gasteiger partial charge on any atom is 0.257 e. The van der Waals surface area contributed by atoms with Gasteiger partial charge in [-0.05, 0) is 59.0 Å². The van der Waals surface area contributed by atoms with E-state index in [0.717, 1.165) is 3.57 Å². The van der Waals surface area contributed by atoms with E-state index in [2.05, 4.69) is 27.9 Å². The lowest BCUT2D eigenvalue weighted by molar-refractivity contribution is 0.102. The molecule has 0 aliphatic carbocycles. The summed E-state index contributed by atoms with van der Waals surface area (Å²) in [6.45, 7) is 0. The molecule has 0 atom stereocenters. The number of nitrogens with one attached hydrogen (secondary N) is 1. The van der Waals surface area contributed by atoms with E-state index in [1.165, 1.54) is 7.11 Å². The Morgan fingerprint density at radius 2 is 1.90 bits per heavy atom. The molecule has 0 fully saturated rings. The highest BCUT2D eigenvalue weighted by Crippen LogP contribution is 2.28. The van der Waals surface area contributed by atoms with Crippen LogP contribution in [0.25, 0.3) is 0 Å². The summed E-state index contributed by atoms with van der Waals surface area (Å²) in [6.07, 6.45) is 0. The summed E-state index contributed by atoms with van der Waals surface area (Å²) >= 11 is 14.2. The van der Waals surface area contributed by atoms with E-state index in [4.69, 9.17) is 27.9 Å². The molecule has 0 spiro atoms. The first-order chi connectivity index (χ1) is 9.51. The first kappa shape index (κ1) is 15.4. The molecule has 2 aromatic rings. The van der Waals surface area contributed by atoms with Crippen LogP contribution in [-0.2, 0) is 0 Å². The fourth-order valence-electron chi connectivity index (χ4n) is 1.61. The summed E-state index contributed by atoms with van der Waals surface area (Å²) in [6, 6.07) is 10.3. The van der Waals surface area contributed by atoms with Gasteiger partial charge in [-0.3, -0.25) is 4.79 Å². The largest absolute Gasteiger partial charge is 0.495 e. The van der Waals surface area contributed by atoms with Gasteiger partial charge in [-0.25, -0.2) is 0 Å². The number of hydrogen-bond donors (Lipinski definition) is 1. The van der Waals surface area contributed by atoms with E-state index >= 15 is 0 Å². The van der Waals surface area contributed by atoms with Gasteiger partial charge in [0.15, 0.2) is 0 Å². The minimum Gasteiger partial charge on any atom is -0.495 e. The number of carbonyl (C=O) groups excluding carboxylic acids is 1. The van der Waals surface area contributed by atoms with E-state index in [-0.39, 0.29) is 5.91 Å². The van der Waals surface area contributed by atoms with Crippen molar-refractivity contribution in [3.8, 4) is 5.75 Å². The molecule has 1 N–H and O–H groups in total. The Labute approximate surface area is 140 Å². The first-order valence-electron chi connectivity index (χ1n) is 5.61. The Morgan fingerprint density at radius 3 is 2.55 bits per heavy atom. The van der Waals surface area contributed by atoms with Crippen LogP contribution in [0.5, 0.6) is 5.75 Å². The maximum absolute atomic E-state index is 12.2. The molecule has 0 aliphatic rings. The summed E-state index contributed by atoms with van der Waals surface area (Å²) in [7, 11) is 1.53. The van der Waals surface area contributed by atoms with Crippen molar-refractivity contribution in [2.45, 2.75) is 0 Å². The lowest BCUT2D eigenvalue weighted by atomic mass is 10.2. The number of carbonyl (C=O) groups is 1. The van der Waals surface area contributed by atoms with Crippen LogP contribution in [-0.4, -0.2) is 13.0 Å². The van der Waals surface area contributed by atoms with Gasteiger partial charge in [-0.1, -0.05) is 23.2 Å². The van der Waals surface area contributed by atoms with Crippen molar-refractivity contribution < 1.29 is 9.53 Å².